The van der Waals surface area contributed by atoms with Gasteiger partial charge in [0.25, 0.3) is 5.56 Å². The zero-order chi connectivity index (χ0) is 28.6. The molecule has 2 N–H and O–H groups in total. The van der Waals surface area contributed by atoms with Crippen molar-refractivity contribution in [2.45, 2.75) is 85.0 Å². The van der Waals surface area contributed by atoms with Crippen LogP contribution in [-0.2, 0) is 27.3 Å². The zero-order valence-electron chi connectivity index (χ0n) is 24.2. The van der Waals surface area contributed by atoms with Gasteiger partial charge in [0, 0.05) is 24.4 Å². The lowest BCUT2D eigenvalue weighted by atomic mass is 9.82. The maximum Gasteiger partial charge on any atom is 0.358 e. The summed E-state index contributed by atoms with van der Waals surface area (Å²) in [6, 6.07) is 11.7. The van der Waals surface area contributed by atoms with Crippen LogP contribution in [0.15, 0.2) is 47.4 Å². The summed E-state index contributed by atoms with van der Waals surface area (Å²) >= 11 is 0. The molecule has 1 fully saturated rings. The van der Waals surface area contributed by atoms with Crippen LogP contribution in [0.1, 0.15) is 74.8 Å². The largest absolute Gasteiger partial charge is 0.493 e. The van der Waals surface area contributed by atoms with Crippen LogP contribution in [0, 0.1) is 19.8 Å². The maximum absolute atomic E-state index is 13.2. The Morgan fingerprint density at radius 3 is 2.50 bits per heavy atom. The lowest BCUT2D eigenvalue weighted by molar-refractivity contribution is -0.168. The average molecular weight is 545 g/mol. The van der Waals surface area contributed by atoms with E-state index in [-0.39, 0.29) is 5.56 Å². The SMILES string of the molecule is Cc1ccc(-c2ccc(=O)n(CC3CCC3)c2)c(-c2ccc3c(c2C)CCCO3)c1C(OC(C)(C)C)C(=O)ON. The Morgan fingerprint density at radius 1 is 1.07 bits per heavy atom. The van der Waals surface area contributed by atoms with E-state index in [4.69, 9.17) is 20.2 Å². The molecule has 1 unspecified atom stereocenters. The van der Waals surface area contributed by atoms with Crippen molar-refractivity contribution in [1.29, 1.82) is 0 Å². The molecule has 1 aliphatic carbocycles. The van der Waals surface area contributed by atoms with Gasteiger partial charge in [-0.1, -0.05) is 24.6 Å². The summed E-state index contributed by atoms with van der Waals surface area (Å²) in [6.45, 7) is 11.2. The molecule has 2 aliphatic rings. The van der Waals surface area contributed by atoms with E-state index >= 15 is 0 Å². The van der Waals surface area contributed by atoms with Gasteiger partial charge in [0.15, 0.2) is 6.10 Å². The van der Waals surface area contributed by atoms with Gasteiger partial charge < -0.3 is 18.9 Å². The van der Waals surface area contributed by atoms with Crippen molar-refractivity contribution in [1.82, 2.24) is 4.57 Å². The first-order valence-electron chi connectivity index (χ1n) is 14.3. The van der Waals surface area contributed by atoms with Crippen molar-refractivity contribution in [2.24, 2.45) is 11.8 Å². The number of nitrogens with two attached hydrogens (primary N) is 1. The molecule has 1 saturated carbocycles. The van der Waals surface area contributed by atoms with Crippen molar-refractivity contribution < 1.29 is 19.1 Å². The number of fused-ring (bicyclic) bond motifs is 1. The minimum absolute atomic E-state index is 0.00713. The maximum atomic E-state index is 13.2. The number of benzene rings is 2. The van der Waals surface area contributed by atoms with E-state index < -0.39 is 17.7 Å². The second kappa shape index (κ2) is 11.2. The van der Waals surface area contributed by atoms with Gasteiger partial charge in [-0.3, -0.25) is 4.79 Å². The number of hydrogen-bond donors (Lipinski definition) is 1. The van der Waals surface area contributed by atoms with Crippen LogP contribution in [0.5, 0.6) is 5.75 Å². The molecule has 2 heterocycles. The van der Waals surface area contributed by atoms with Crippen LogP contribution in [0.25, 0.3) is 22.3 Å². The lowest BCUT2D eigenvalue weighted by Crippen LogP contribution is -2.31. The molecular weight excluding hydrogens is 504 g/mol. The number of hydrogen-bond acceptors (Lipinski definition) is 6. The van der Waals surface area contributed by atoms with E-state index in [0.717, 1.165) is 64.8 Å². The molecule has 0 spiro atoms. The molecule has 212 valence electrons. The Morgan fingerprint density at radius 2 is 1.82 bits per heavy atom. The summed E-state index contributed by atoms with van der Waals surface area (Å²) in [7, 11) is 0. The Kier molecular flexibility index (Phi) is 7.89. The fourth-order valence-electron chi connectivity index (χ4n) is 5.90. The van der Waals surface area contributed by atoms with E-state index in [1.807, 2.05) is 56.7 Å². The Labute approximate surface area is 236 Å². The summed E-state index contributed by atoms with van der Waals surface area (Å²) in [5.41, 5.74) is 6.89. The Hall–Kier alpha value is -3.42. The predicted octanol–water partition coefficient (Wildman–Crippen LogP) is 6.20. The standard InChI is InChI=1S/C33H40N2O5/c1-20-11-13-26(23-12-16-28(36)35(19-23)18-22-8-6-9-22)30(29(20)31(32(37)40-34)39-33(3,4)5)25-14-15-27-24(21(25)2)10-7-17-38-27/h11-16,19,22,31H,6-10,17-18,34H2,1-5H3. The van der Waals surface area contributed by atoms with Crippen molar-refractivity contribution in [2.75, 3.05) is 6.61 Å². The van der Waals surface area contributed by atoms with Crippen LogP contribution in [-0.4, -0.2) is 22.7 Å². The van der Waals surface area contributed by atoms with E-state index in [1.165, 1.54) is 12.0 Å². The number of rotatable bonds is 7. The van der Waals surface area contributed by atoms with Crippen molar-refractivity contribution in [3.63, 3.8) is 0 Å². The summed E-state index contributed by atoms with van der Waals surface area (Å²) in [5, 5.41) is 0. The fourth-order valence-corrected chi connectivity index (χ4v) is 5.90. The van der Waals surface area contributed by atoms with Gasteiger partial charge in [-0.05, 0) is 117 Å². The van der Waals surface area contributed by atoms with E-state index in [9.17, 15) is 9.59 Å². The normalized spacial score (nSPS) is 16.1. The highest BCUT2D eigenvalue weighted by Crippen LogP contribution is 2.45. The second-order valence-electron chi connectivity index (χ2n) is 12.1. The van der Waals surface area contributed by atoms with E-state index in [0.29, 0.717) is 24.6 Å². The molecule has 0 saturated heterocycles. The van der Waals surface area contributed by atoms with Gasteiger partial charge in [-0.2, -0.15) is 5.90 Å². The Balaban J connectivity index is 1.78. The van der Waals surface area contributed by atoms with Gasteiger partial charge in [0.05, 0.1) is 12.2 Å². The molecule has 1 atom stereocenters. The molecule has 0 bridgehead atoms. The summed E-state index contributed by atoms with van der Waals surface area (Å²) < 4.78 is 14.1. The summed E-state index contributed by atoms with van der Waals surface area (Å²) in [6.07, 6.45) is 6.30. The van der Waals surface area contributed by atoms with Gasteiger partial charge in [0.2, 0.25) is 0 Å². The molecule has 7 heteroatoms. The molecule has 5 rings (SSSR count). The van der Waals surface area contributed by atoms with E-state index in [1.54, 1.807) is 6.07 Å². The van der Waals surface area contributed by atoms with Crippen molar-refractivity contribution >= 4 is 5.97 Å². The first kappa shape index (κ1) is 28.1. The molecule has 0 radical (unpaired) electrons. The minimum Gasteiger partial charge on any atom is -0.493 e. The third-order valence-corrected chi connectivity index (χ3v) is 8.15. The topological polar surface area (TPSA) is 92.8 Å². The third kappa shape index (κ3) is 5.58. The first-order valence-corrected chi connectivity index (χ1v) is 14.3. The molecular formula is C33H40N2O5. The monoisotopic (exact) mass is 544 g/mol. The minimum atomic E-state index is -1.05. The molecule has 1 aromatic heterocycles. The van der Waals surface area contributed by atoms with Crippen LogP contribution in [0.4, 0.5) is 0 Å². The van der Waals surface area contributed by atoms with E-state index in [2.05, 4.69) is 19.1 Å². The number of aryl methyl sites for hydroxylation is 1. The molecule has 1 aliphatic heterocycles. The molecule has 0 amide bonds. The molecule has 2 aromatic carbocycles. The summed E-state index contributed by atoms with van der Waals surface area (Å²) in [5.74, 6) is 6.23. The van der Waals surface area contributed by atoms with Gasteiger partial charge in [-0.25, -0.2) is 4.79 Å². The molecule has 40 heavy (non-hydrogen) atoms. The van der Waals surface area contributed by atoms with Crippen LogP contribution in [0.2, 0.25) is 0 Å². The zero-order valence-corrected chi connectivity index (χ0v) is 24.2. The number of aromatic nitrogens is 1. The highest BCUT2D eigenvalue weighted by atomic mass is 16.7. The number of carbonyl (C=O) groups excluding carboxylic acids is 1. The van der Waals surface area contributed by atoms with Crippen LogP contribution < -0.4 is 16.2 Å². The Bertz CT molecular complexity index is 1480. The number of nitrogens with zero attached hydrogens (tertiary/aromatic N) is 1. The third-order valence-electron chi connectivity index (χ3n) is 8.15. The molecule has 3 aromatic rings. The van der Waals surface area contributed by atoms with Crippen molar-refractivity contribution in [3.8, 4) is 28.0 Å². The smallest absolute Gasteiger partial charge is 0.358 e. The predicted molar refractivity (Wildman–Crippen MR) is 156 cm³/mol. The number of ether oxygens (including phenoxy) is 2. The highest BCUT2D eigenvalue weighted by molar-refractivity contribution is 5.92. The summed E-state index contributed by atoms with van der Waals surface area (Å²) in [4.78, 5) is 30.8. The lowest BCUT2D eigenvalue weighted by Gasteiger charge is -2.30. The van der Waals surface area contributed by atoms with Crippen LogP contribution >= 0.6 is 0 Å². The quantitative estimate of drug-likeness (QED) is 0.356. The van der Waals surface area contributed by atoms with Gasteiger partial charge in [-0.15, -0.1) is 0 Å². The second-order valence-corrected chi connectivity index (χ2v) is 12.1. The first-order chi connectivity index (χ1) is 19.1. The average Bonchev–Trinajstić information content (AvgIpc) is 2.90. The van der Waals surface area contributed by atoms with Gasteiger partial charge in [0.1, 0.15) is 5.75 Å². The highest BCUT2D eigenvalue weighted by Gasteiger charge is 2.34. The van der Waals surface area contributed by atoms with Crippen LogP contribution in [0.3, 0.4) is 0 Å². The number of carbonyl (C=O) groups is 1. The fraction of sp³-hybridized carbons (Fsp3) is 0.455. The number of pyridine rings is 1. The van der Waals surface area contributed by atoms with Gasteiger partial charge >= 0.3 is 5.97 Å². The molecule has 7 nitrogen and oxygen atoms in total. The van der Waals surface area contributed by atoms with Crippen molar-refractivity contribution in [3.05, 3.63) is 75.2 Å².